The second-order valence-electron chi connectivity index (χ2n) is 5.71. The van der Waals surface area contributed by atoms with E-state index in [0.717, 1.165) is 24.2 Å². The maximum atomic E-state index is 13.3. The minimum absolute atomic E-state index is 0.170. The van der Waals surface area contributed by atoms with Crippen LogP contribution in [0.2, 0.25) is 0 Å². The van der Waals surface area contributed by atoms with Gasteiger partial charge in [-0.25, -0.2) is 4.39 Å². The molecule has 1 N–H and O–H groups in total. The van der Waals surface area contributed by atoms with Gasteiger partial charge in [0.1, 0.15) is 5.82 Å². The molecule has 3 atom stereocenters. The Morgan fingerprint density at radius 3 is 2.78 bits per heavy atom. The van der Waals surface area contributed by atoms with Crippen molar-refractivity contribution < 1.29 is 4.39 Å². The zero-order valence-electron chi connectivity index (χ0n) is 11.7. The van der Waals surface area contributed by atoms with Crippen LogP contribution in [0.3, 0.4) is 0 Å². The Morgan fingerprint density at radius 2 is 2.06 bits per heavy atom. The SMILES string of the molecule is Cc1ccc(F)cc1NC1CC(C)N(C)CC1C. The van der Waals surface area contributed by atoms with Crippen molar-refractivity contribution in [1.82, 2.24) is 4.90 Å². The van der Waals surface area contributed by atoms with Gasteiger partial charge in [0.05, 0.1) is 0 Å². The summed E-state index contributed by atoms with van der Waals surface area (Å²) in [6, 6.07) is 5.96. The smallest absolute Gasteiger partial charge is 0.125 e. The van der Waals surface area contributed by atoms with Gasteiger partial charge >= 0.3 is 0 Å². The molecule has 0 saturated carbocycles. The first-order valence-electron chi connectivity index (χ1n) is 6.70. The van der Waals surface area contributed by atoms with E-state index < -0.39 is 0 Å². The maximum Gasteiger partial charge on any atom is 0.125 e. The van der Waals surface area contributed by atoms with Gasteiger partial charge in [0, 0.05) is 24.3 Å². The highest BCUT2D eigenvalue weighted by Crippen LogP contribution is 2.26. The second kappa shape index (κ2) is 5.27. The van der Waals surface area contributed by atoms with E-state index in [0.29, 0.717) is 18.0 Å². The van der Waals surface area contributed by atoms with Gasteiger partial charge < -0.3 is 10.2 Å². The van der Waals surface area contributed by atoms with Gasteiger partial charge in [0.25, 0.3) is 0 Å². The molecule has 0 aliphatic carbocycles. The number of benzene rings is 1. The summed E-state index contributed by atoms with van der Waals surface area (Å²) in [6.45, 7) is 7.62. The van der Waals surface area contributed by atoms with Gasteiger partial charge in [0.2, 0.25) is 0 Å². The number of nitrogens with zero attached hydrogens (tertiary/aromatic N) is 1. The zero-order chi connectivity index (χ0) is 13.3. The molecule has 1 fully saturated rings. The number of anilines is 1. The molecule has 100 valence electrons. The van der Waals surface area contributed by atoms with E-state index in [1.165, 1.54) is 6.07 Å². The Bertz CT molecular complexity index is 419. The average molecular weight is 250 g/mol. The van der Waals surface area contributed by atoms with Crippen LogP contribution >= 0.6 is 0 Å². The Morgan fingerprint density at radius 1 is 1.33 bits per heavy atom. The number of hydrogen-bond donors (Lipinski definition) is 1. The fraction of sp³-hybridized carbons (Fsp3) is 0.600. The van der Waals surface area contributed by atoms with Crippen LogP contribution in [0.1, 0.15) is 25.8 Å². The summed E-state index contributed by atoms with van der Waals surface area (Å²) in [6.07, 6.45) is 1.10. The second-order valence-corrected chi connectivity index (χ2v) is 5.71. The molecule has 1 heterocycles. The molecule has 1 aliphatic heterocycles. The molecular weight excluding hydrogens is 227 g/mol. The van der Waals surface area contributed by atoms with E-state index in [4.69, 9.17) is 0 Å². The quantitative estimate of drug-likeness (QED) is 0.866. The number of likely N-dealkylation sites (tertiary alicyclic amines) is 1. The molecule has 0 bridgehead atoms. The molecule has 0 spiro atoms. The lowest BCUT2D eigenvalue weighted by molar-refractivity contribution is 0.145. The fourth-order valence-electron chi connectivity index (χ4n) is 2.69. The van der Waals surface area contributed by atoms with Crippen molar-refractivity contribution in [3.63, 3.8) is 0 Å². The van der Waals surface area contributed by atoms with Crippen molar-refractivity contribution in [3.05, 3.63) is 29.6 Å². The third kappa shape index (κ3) is 2.83. The van der Waals surface area contributed by atoms with E-state index >= 15 is 0 Å². The molecule has 1 aromatic rings. The summed E-state index contributed by atoms with van der Waals surface area (Å²) in [5.41, 5.74) is 2.04. The molecule has 1 aromatic carbocycles. The highest BCUT2D eigenvalue weighted by atomic mass is 19.1. The summed E-state index contributed by atoms with van der Waals surface area (Å²) in [7, 11) is 2.17. The van der Waals surface area contributed by atoms with Gasteiger partial charge in [-0.3, -0.25) is 0 Å². The van der Waals surface area contributed by atoms with Gasteiger partial charge in [0.15, 0.2) is 0 Å². The van der Waals surface area contributed by atoms with Crippen LogP contribution in [0, 0.1) is 18.7 Å². The number of nitrogens with one attached hydrogen (secondary N) is 1. The lowest BCUT2D eigenvalue weighted by Gasteiger charge is -2.40. The minimum Gasteiger partial charge on any atom is -0.382 e. The van der Waals surface area contributed by atoms with Crippen LogP contribution in [-0.4, -0.2) is 30.6 Å². The molecule has 2 rings (SSSR count). The largest absolute Gasteiger partial charge is 0.382 e. The van der Waals surface area contributed by atoms with E-state index in [1.807, 2.05) is 13.0 Å². The highest BCUT2D eigenvalue weighted by molar-refractivity contribution is 5.51. The van der Waals surface area contributed by atoms with E-state index in [2.05, 4.69) is 31.1 Å². The summed E-state index contributed by atoms with van der Waals surface area (Å²) in [4.78, 5) is 2.39. The number of rotatable bonds is 2. The third-order valence-corrected chi connectivity index (χ3v) is 4.15. The predicted octanol–water partition coefficient (Wildman–Crippen LogP) is 3.27. The van der Waals surface area contributed by atoms with Crippen molar-refractivity contribution in [3.8, 4) is 0 Å². The van der Waals surface area contributed by atoms with Gasteiger partial charge in [-0.15, -0.1) is 0 Å². The van der Waals surface area contributed by atoms with Gasteiger partial charge in [-0.05, 0) is 50.9 Å². The molecule has 3 unspecified atom stereocenters. The van der Waals surface area contributed by atoms with E-state index in [9.17, 15) is 4.39 Å². The molecule has 0 radical (unpaired) electrons. The zero-order valence-corrected chi connectivity index (χ0v) is 11.7. The first-order valence-corrected chi connectivity index (χ1v) is 6.70. The molecule has 0 amide bonds. The molecule has 18 heavy (non-hydrogen) atoms. The molecule has 1 aliphatic rings. The normalized spacial score (nSPS) is 29.3. The standard InChI is InChI=1S/C15H23FN2/c1-10-5-6-13(16)8-15(10)17-14-7-12(3)18(4)9-11(14)2/h5-6,8,11-12,14,17H,7,9H2,1-4H3. The fourth-order valence-corrected chi connectivity index (χ4v) is 2.69. The van der Waals surface area contributed by atoms with E-state index in [-0.39, 0.29) is 5.82 Å². The van der Waals surface area contributed by atoms with Crippen molar-refractivity contribution in [2.24, 2.45) is 5.92 Å². The van der Waals surface area contributed by atoms with Crippen LogP contribution < -0.4 is 5.32 Å². The van der Waals surface area contributed by atoms with Crippen molar-refractivity contribution in [2.45, 2.75) is 39.3 Å². The van der Waals surface area contributed by atoms with Crippen molar-refractivity contribution in [2.75, 3.05) is 18.9 Å². The van der Waals surface area contributed by atoms with Gasteiger partial charge in [-0.2, -0.15) is 0 Å². The van der Waals surface area contributed by atoms with Crippen molar-refractivity contribution in [1.29, 1.82) is 0 Å². The Labute approximate surface area is 109 Å². The van der Waals surface area contributed by atoms with E-state index in [1.54, 1.807) is 6.07 Å². The highest BCUT2D eigenvalue weighted by Gasteiger charge is 2.28. The molecular formula is C15H23FN2. The Hall–Kier alpha value is -1.09. The number of hydrogen-bond acceptors (Lipinski definition) is 2. The summed E-state index contributed by atoms with van der Waals surface area (Å²) < 4.78 is 13.3. The Balaban J connectivity index is 2.11. The molecule has 1 saturated heterocycles. The predicted molar refractivity (Wildman–Crippen MR) is 74.4 cm³/mol. The summed E-state index contributed by atoms with van der Waals surface area (Å²) >= 11 is 0. The lowest BCUT2D eigenvalue weighted by Crippen LogP contribution is -2.48. The lowest BCUT2D eigenvalue weighted by atomic mass is 9.89. The summed E-state index contributed by atoms with van der Waals surface area (Å²) in [5.74, 6) is 0.408. The maximum absolute atomic E-state index is 13.3. The number of halogens is 1. The molecule has 0 aromatic heterocycles. The first-order chi connectivity index (χ1) is 8.47. The average Bonchev–Trinajstić information content (AvgIpc) is 2.30. The number of aryl methyl sites for hydroxylation is 1. The summed E-state index contributed by atoms with van der Waals surface area (Å²) in [5, 5.41) is 3.52. The van der Waals surface area contributed by atoms with Crippen LogP contribution in [0.4, 0.5) is 10.1 Å². The van der Waals surface area contributed by atoms with Crippen LogP contribution in [-0.2, 0) is 0 Å². The third-order valence-electron chi connectivity index (χ3n) is 4.15. The van der Waals surface area contributed by atoms with Crippen molar-refractivity contribution >= 4 is 5.69 Å². The van der Waals surface area contributed by atoms with Gasteiger partial charge in [-0.1, -0.05) is 13.0 Å². The molecule has 2 nitrogen and oxygen atoms in total. The van der Waals surface area contributed by atoms with Crippen LogP contribution in [0.25, 0.3) is 0 Å². The topological polar surface area (TPSA) is 15.3 Å². The van der Waals surface area contributed by atoms with Crippen LogP contribution in [0.5, 0.6) is 0 Å². The monoisotopic (exact) mass is 250 g/mol. The molecule has 3 heteroatoms. The van der Waals surface area contributed by atoms with Crippen LogP contribution in [0.15, 0.2) is 18.2 Å². The first kappa shape index (κ1) is 13.3. The minimum atomic E-state index is -0.170. The Kier molecular flexibility index (Phi) is 3.91. The number of piperidine rings is 1.